The van der Waals surface area contributed by atoms with Crippen LogP contribution >= 0.6 is 27.3 Å². The van der Waals surface area contributed by atoms with Gasteiger partial charge in [0.1, 0.15) is 0 Å². The topological polar surface area (TPSA) is 78.4 Å². The van der Waals surface area contributed by atoms with Gasteiger partial charge < -0.3 is 15.7 Å². The fourth-order valence-corrected chi connectivity index (χ4v) is 3.40. The Labute approximate surface area is 137 Å². The van der Waals surface area contributed by atoms with E-state index in [2.05, 4.69) is 26.6 Å². The maximum atomic E-state index is 11.9. The number of rotatable bonds is 6. The van der Waals surface area contributed by atoms with E-state index in [4.69, 9.17) is 5.11 Å². The van der Waals surface area contributed by atoms with Crippen LogP contribution in [0.3, 0.4) is 0 Å². The van der Waals surface area contributed by atoms with E-state index in [0.29, 0.717) is 13.0 Å². The Morgan fingerprint density at radius 2 is 2.05 bits per heavy atom. The molecule has 1 heterocycles. The molecule has 1 unspecified atom stereocenters. The third-order valence-electron chi connectivity index (χ3n) is 2.67. The highest BCUT2D eigenvalue weighted by Gasteiger charge is 2.22. The summed E-state index contributed by atoms with van der Waals surface area (Å²) in [5.41, 5.74) is -0.0496. The Morgan fingerprint density at radius 1 is 1.38 bits per heavy atom. The van der Waals surface area contributed by atoms with Crippen LogP contribution in [0.1, 0.15) is 38.5 Å². The molecule has 0 bridgehead atoms. The standard InChI is InChI=1S/C14H21BrN2O3S/c1-14(2,3)7-9(6-12(18)19)17-13(20)16-8-10-4-5-11(15)21-10/h4-5,9H,6-8H2,1-3H3,(H,18,19)(H2,16,17,20). The van der Waals surface area contributed by atoms with E-state index in [1.165, 1.54) is 0 Å². The number of aliphatic carboxylic acids is 1. The van der Waals surface area contributed by atoms with Gasteiger partial charge in [0, 0.05) is 10.9 Å². The number of amides is 2. The lowest BCUT2D eigenvalue weighted by Crippen LogP contribution is -2.44. The monoisotopic (exact) mass is 376 g/mol. The number of carbonyl (C=O) groups is 2. The highest BCUT2D eigenvalue weighted by Crippen LogP contribution is 2.23. The van der Waals surface area contributed by atoms with Crippen LogP contribution in [0.25, 0.3) is 0 Å². The van der Waals surface area contributed by atoms with E-state index in [0.717, 1.165) is 8.66 Å². The van der Waals surface area contributed by atoms with Gasteiger partial charge in [-0.1, -0.05) is 20.8 Å². The van der Waals surface area contributed by atoms with Crippen LogP contribution in [0.15, 0.2) is 15.9 Å². The van der Waals surface area contributed by atoms with Gasteiger partial charge in [-0.05, 0) is 39.9 Å². The molecular weight excluding hydrogens is 356 g/mol. The van der Waals surface area contributed by atoms with Gasteiger partial charge in [0.15, 0.2) is 0 Å². The smallest absolute Gasteiger partial charge is 0.315 e. The molecule has 7 heteroatoms. The van der Waals surface area contributed by atoms with Gasteiger partial charge >= 0.3 is 12.0 Å². The molecule has 1 rings (SSSR count). The van der Waals surface area contributed by atoms with Crippen LogP contribution in [0.4, 0.5) is 4.79 Å². The number of hydrogen-bond donors (Lipinski definition) is 3. The second-order valence-corrected chi connectivity index (χ2v) is 8.64. The quantitative estimate of drug-likeness (QED) is 0.709. The second-order valence-electron chi connectivity index (χ2n) is 6.09. The third-order valence-corrected chi connectivity index (χ3v) is 4.29. The average molecular weight is 377 g/mol. The fraction of sp³-hybridized carbons (Fsp3) is 0.571. The zero-order valence-corrected chi connectivity index (χ0v) is 14.8. The van der Waals surface area contributed by atoms with Crippen LogP contribution in [-0.4, -0.2) is 23.1 Å². The molecule has 1 atom stereocenters. The highest BCUT2D eigenvalue weighted by molar-refractivity contribution is 9.11. The summed E-state index contributed by atoms with van der Waals surface area (Å²) < 4.78 is 1.01. The SMILES string of the molecule is CC(C)(C)CC(CC(=O)O)NC(=O)NCc1ccc(Br)s1. The molecule has 1 aromatic rings. The third kappa shape index (κ3) is 8.06. The van der Waals surface area contributed by atoms with Crippen molar-refractivity contribution in [2.75, 3.05) is 0 Å². The van der Waals surface area contributed by atoms with Crippen LogP contribution in [-0.2, 0) is 11.3 Å². The van der Waals surface area contributed by atoms with Gasteiger partial charge in [-0.15, -0.1) is 11.3 Å². The Balaban J connectivity index is 2.49. The molecule has 21 heavy (non-hydrogen) atoms. The number of carboxylic acid groups (broad SMARTS) is 1. The van der Waals surface area contributed by atoms with E-state index < -0.39 is 5.97 Å². The van der Waals surface area contributed by atoms with Crippen molar-refractivity contribution in [1.29, 1.82) is 0 Å². The summed E-state index contributed by atoms with van der Waals surface area (Å²) in [5.74, 6) is -0.910. The molecular formula is C14H21BrN2O3S. The van der Waals surface area contributed by atoms with Gasteiger partial charge in [-0.25, -0.2) is 4.79 Å². The minimum atomic E-state index is -0.910. The molecule has 0 saturated heterocycles. The lowest BCUT2D eigenvalue weighted by atomic mass is 9.87. The summed E-state index contributed by atoms with van der Waals surface area (Å²) in [6.07, 6.45) is 0.534. The van der Waals surface area contributed by atoms with E-state index in [1.54, 1.807) is 11.3 Å². The molecule has 0 aliphatic heterocycles. The Bertz CT molecular complexity index is 497. The van der Waals surface area contributed by atoms with Crippen molar-refractivity contribution in [3.63, 3.8) is 0 Å². The average Bonchev–Trinajstić information content (AvgIpc) is 2.69. The molecule has 0 spiro atoms. The minimum Gasteiger partial charge on any atom is -0.481 e. The summed E-state index contributed by atoms with van der Waals surface area (Å²) in [5, 5.41) is 14.4. The zero-order chi connectivity index (χ0) is 16.0. The van der Waals surface area contributed by atoms with Crippen LogP contribution < -0.4 is 10.6 Å². The first kappa shape index (κ1) is 18.0. The van der Waals surface area contributed by atoms with Crippen molar-refractivity contribution in [2.24, 2.45) is 5.41 Å². The number of nitrogens with one attached hydrogen (secondary N) is 2. The normalized spacial score (nSPS) is 12.8. The molecule has 0 fully saturated rings. The first-order valence-corrected chi connectivity index (χ1v) is 8.27. The molecule has 3 N–H and O–H groups in total. The Kier molecular flexibility index (Phi) is 6.67. The van der Waals surface area contributed by atoms with Gasteiger partial charge in [-0.3, -0.25) is 4.79 Å². The number of carbonyl (C=O) groups excluding carboxylic acids is 1. The number of halogens is 1. The van der Waals surface area contributed by atoms with Crippen molar-refractivity contribution >= 4 is 39.3 Å². The van der Waals surface area contributed by atoms with Crippen molar-refractivity contribution in [3.05, 3.63) is 20.8 Å². The van der Waals surface area contributed by atoms with Crippen LogP contribution in [0.2, 0.25) is 0 Å². The maximum Gasteiger partial charge on any atom is 0.315 e. The van der Waals surface area contributed by atoms with Crippen molar-refractivity contribution in [1.82, 2.24) is 10.6 Å². The van der Waals surface area contributed by atoms with E-state index in [1.807, 2.05) is 32.9 Å². The summed E-state index contributed by atoms with van der Waals surface area (Å²) in [6.45, 7) is 6.48. The predicted molar refractivity (Wildman–Crippen MR) is 87.5 cm³/mol. The Hall–Kier alpha value is -1.08. The van der Waals surface area contributed by atoms with E-state index >= 15 is 0 Å². The molecule has 118 valence electrons. The molecule has 2 amide bonds. The van der Waals surface area contributed by atoms with E-state index in [9.17, 15) is 9.59 Å². The number of thiophene rings is 1. The number of urea groups is 1. The molecule has 0 saturated carbocycles. The molecule has 1 aromatic heterocycles. The van der Waals surface area contributed by atoms with Crippen LogP contribution in [0, 0.1) is 5.41 Å². The van der Waals surface area contributed by atoms with Crippen molar-refractivity contribution in [3.8, 4) is 0 Å². The van der Waals surface area contributed by atoms with Gasteiger partial charge in [-0.2, -0.15) is 0 Å². The lowest BCUT2D eigenvalue weighted by molar-refractivity contribution is -0.137. The summed E-state index contributed by atoms with van der Waals surface area (Å²) in [6, 6.07) is 3.14. The Morgan fingerprint density at radius 3 is 2.52 bits per heavy atom. The minimum absolute atomic E-state index is 0.0496. The summed E-state index contributed by atoms with van der Waals surface area (Å²) >= 11 is 4.91. The number of hydrogen-bond acceptors (Lipinski definition) is 3. The highest BCUT2D eigenvalue weighted by atomic mass is 79.9. The van der Waals surface area contributed by atoms with Crippen molar-refractivity contribution < 1.29 is 14.7 Å². The van der Waals surface area contributed by atoms with Crippen LogP contribution in [0.5, 0.6) is 0 Å². The number of carboxylic acids is 1. The van der Waals surface area contributed by atoms with E-state index in [-0.39, 0.29) is 23.9 Å². The molecule has 0 aliphatic carbocycles. The predicted octanol–water partition coefficient (Wildman–Crippen LogP) is 3.59. The van der Waals surface area contributed by atoms with Crippen molar-refractivity contribution in [2.45, 2.75) is 46.2 Å². The first-order chi connectivity index (χ1) is 9.65. The molecule has 5 nitrogen and oxygen atoms in total. The second kappa shape index (κ2) is 7.79. The zero-order valence-electron chi connectivity index (χ0n) is 12.4. The largest absolute Gasteiger partial charge is 0.481 e. The fourth-order valence-electron chi connectivity index (χ4n) is 1.97. The van der Waals surface area contributed by atoms with Gasteiger partial charge in [0.05, 0.1) is 16.8 Å². The maximum absolute atomic E-state index is 11.9. The first-order valence-electron chi connectivity index (χ1n) is 6.66. The van der Waals surface area contributed by atoms with Gasteiger partial charge in [0.25, 0.3) is 0 Å². The molecule has 0 aromatic carbocycles. The summed E-state index contributed by atoms with van der Waals surface area (Å²) in [4.78, 5) is 23.8. The molecule has 0 aliphatic rings. The molecule has 0 radical (unpaired) electrons. The lowest BCUT2D eigenvalue weighted by Gasteiger charge is -2.25. The summed E-state index contributed by atoms with van der Waals surface area (Å²) in [7, 11) is 0. The van der Waals surface area contributed by atoms with Gasteiger partial charge in [0.2, 0.25) is 0 Å².